The van der Waals surface area contributed by atoms with Crippen LogP contribution in [0.4, 0.5) is 15.8 Å². The van der Waals surface area contributed by atoms with Crippen molar-refractivity contribution in [3.8, 4) is 0 Å². The smallest absolute Gasteiger partial charge is 0.293 e. The second kappa shape index (κ2) is 6.01. The van der Waals surface area contributed by atoms with Gasteiger partial charge in [0.15, 0.2) is 0 Å². The van der Waals surface area contributed by atoms with E-state index < -0.39 is 16.6 Å². The maximum Gasteiger partial charge on any atom is 0.293 e. The Labute approximate surface area is 128 Å². The maximum absolute atomic E-state index is 13.7. The molecule has 5 nitrogen and oxygen atoms in total. The molecule has 0 bridgehead atoms. The van der Waals surface area contributed by atoms with Gasteiger partial charge in [-0.05, 0) is 46.6 Å². The molecule has 0 aliphatic carbocycles. The second-order valence-electron chi connectivity index (χ2n) is 4.33. The highest BCUT2D eigenvalue weighted by atomic mass is 79.9. The number of carbonyl (C=O) groups is 1. The zero-order valence-corrected chi connectivity index (χ0v) is 12.5. The molecule has 2 aromatic carbocycles. The fraction of sp³-hybridized carbons (Fsp3) is 0.0714. The van der Waals surface area contributed by atoms with E-state index >= 15 is 0 Å². The molecule has 0 aromatic heterocycles. The minimum absolute atomic E-state index is 0.0192. The van der Waals surface area contributed by atoms with Gasteiger partial charge in [-0.3, -0.25) is 14.9 Å². The van der Waals surface area contributed by atoms with Gasteiger partial charge in [-0.15, -0.1) is 0 Å². The van der Waals surface area contributed by atoms with Crippen molar-refractivity contribution in [1.82, 2.24) is 0 Å². The number of anilines is 1. The van der Waals surface area contributed by atoms with Crippen molar-refractivity contribution in [2.24, 2.45) is 0 Å². The summed E-state index contributed by atoms with van der Waals surface area (Å²) in [5.74, 6) is -1.47. The summed E-state index contributed by atoms with van der Waals surface area (Å²) in [6.07, 6.45) is 0. The van der Waals surface area contributed by atoms with E-state index in [-0.39, 0.29) is 21.4 Å². The molecular weight excluding hydrogens is 343 g/mol. The lowest BCUT2D eigenvalue weighted by atomic mass is 10.1. The van der Waals surface area contributed by atoms with Crippen LogP contribution in [-0.2, 0) is 0 Å². The quantitative estimate of drug-likeness (QED) is 0.668. The molecule has 1 N–H and O–H groups in total. The molecule has 0 aliphatic rings. The minimum Gasteiger partial charge on any atom is -0.316 e. The molecule has 2 aromatic rings. The first-order chi connectivity index (χ1) is 9.90. The zero-order chi connectivity index (χ0) is 15.6. The number of benzene rings is 2. The van der Waals surface area contributed by atoms with Gasteiger partial charge < -0.3 is 5.32 Å². The zero-order valence-electron chi connectivity index (χ0n) is 10.9. The Bertz CT molecular complexity index is 714. The van der Waals surface area contributed by atoms with E-state index in [0.29, 0.717) is 5.56 Å². The van der Waals surface area contributed by atoms with Crippen molar-refractivity contribution in [3.05, 3.63) is 67.9 Å². The van der Waals surface area contributed by atoms with Crippen LogP contribution in [0.3, 0.4) is 0 Å². The molecule has 2 rings (SSSR count). The molecule has 0 spiro atoms. The van der Waals surface area contributed by atoms with Gasteiger partial charge in [0.2, 0.25) is 0 Å². The Morgan fingerprint density at radius 1 is 1.33 bits per heavy atom. The van der Waals surface area contributed by atoms with Crippen LogP contribution in [0, 0.1) is 22.9 Å². The predicted molar refractivity (Wildman–Crippen MR) is 79.9 cm³/mol. The summed E-state index contributed by atoms with van der Waals surface area (Å²) in [7, 11) is 0. The lowest BCUT2D eigenvalue weighted by Crippen LogP contribution is -2.15. The van der Waals surface area contributed by atoms with Gasteiger partial charge in [-0.2, -0.15) is 0 Å². The number of rotatable bonds is 3. The molecule has 0 unspecified atom stereocenters. The van der Waals surface area contributed by atoms with Crippen LogP contribution < -0.4 is 5.32 Å². The summed E-state index contributed by atoms with van der Waals surface area (Å²) in [6.45, 7) is 1.70. The molecule has 0 aliphatic heterocycles. The second-order valence-corrected chi connectivity index (χ2v) is 5.18. The fourth-order valence-corrected chi connectivity index (χ4v) is 2.32. The molecule has 0 saturated carbocycles. The van der Waals surface area contributed by atoms with Crippen LogP contribution in [0.5, 0.6) is 0 Å². The molecule has 108 valence electrons. The van der Waals surface area contributed by atoms with Gasteiger partial charge in [-0.25, -0.2) is 4.39 Å². The van der Waals surface area contributed by atoms with Crippen molar-refractivity contribution < 1.29 is 14.1 Å². The molecular formula is C14H10BrFN2O3. The van der Waals surface area contributed by atoms with E-state index in [1.54, 1.807) is 13.0 Å². The maximum atomic E-state index is 13.7. The molecule has 1 amide bonds. The third-order valence-corrected chi connectivity index (χ3v) is 3.45. The molecule has 0 saturated heterocycles. The van der Waals surface area contributed by atoms with Gasteiger partial charge in [0, 0.05) is 10.5 Å². The summed E-state index contributed by atoms with van der Waals surface area (Å²) >= 11 is 3.09. The lowest BCUT2D eigenvalue weighted by molar-refractivity contribution is -0.384. The van der Waals surface area contributed by atoms with E-state index in [0.717, 1.165) is 6.07 Å². The minimum atomic E-state index is -0.757. The van der Waals surface area contributed by atoms with E-state index in [1.807, 2.05) is 0 Å². The molecule has 0 atom stereocenters. The van der Waals surface area contributed by atoms with E-state index in [2.05, 4.69) is 21.2 Å². The topological polar surface area (TPSA) is 72.2 Å². The normalized spacial score (nSPS) is 10.2. The predicted octanol–water partition coefficient (Wildman–Crippen LogP) is 4.06. The van der Waals surface area contributed by atoms with Crippen molar-refractivity contribution in [2.75, 3.05) is 5.32 Å². The monoisotopic (exact) mass is 352 g/mol. The van der Waals surface area contributed by atoms with Crippen molar-refractivity contribution in [3.63, 3.8) is 0 Å². The van der Waals surface area contributed by atoms with E-state index in [4.69, 9.17) is 0 Å². The molecule has 21 heavy (non-hydrogen) atoms. The Kier molecular flexibility index (Phi) is 4.32. The first-order valence-electron chi connectivity index (χ1n) is 5.90. The molecule has 0 radical (unpaired) electrons. The number of aryl methyl sites for hydroxylation is 1. The van der Waals surface area contributed by atoms with Gasteiger partial charge in [-0.1, -0.05) is 12.1 Å². The van der Waals surface area contributed by atoms with Gasteiger partial charge in [0.25, 0.3) is 11.6 Å². The molecule has 0 fully saturated rings. The highest BCUT2D eigenvalue weighted by molar-refractivity contribution is 9.10. The van der Waals surface area contributed by atoms with E-state index in [1.165, 1.54) is 24.3 Å². The number of halogens is 2. The Morgan fingerprint density at radius 2 is 2.05 bits per heavy atom. The van der Waals surface area contributed by atoms with Crippen LogP contribution >= 0.6 is 15.9 Å². The molecule has 0 heterocycles. The summed E-state index contributed by atoms with van der Waals surface area (Å²) in [5, 5.41) is 13.4. The Morgan fingerprint density at radius 3 is 2.67 bits per heavy atom. The van der Waals surface area contributed by atoms with Crippen LogP contribution in [0.25, 0.3) is 0 Å². The Hall–Kier alpha value is -2.28. The summed E-state index contributed by atoms with van der Waals surface area (Å²) in [6, 6.07) is 8.49. The number of hydrogen-bond acceptors (Lipinski definition) is 3. The highest BCUT2D eigenvalue weighted by Gasteiger charge is 2.20. The molecule has 7 heteroatoms. The van der Waals surface area contributed by atoms with Crippen LogP contribution in [-0.4, -0.2) is 10.8 Å². The van der Waals surface area contributed by atoms with Crippen LogP contribution in [0.2, 0.25) is 0 Å². The van der Waals surface area contributed by atoms with Crippen molar-refractivity contribution in [2.45, 2.75) is 6.92 Å². The average Bonchev–Trinajstić information content (AvgIpc) is 2.40. The lowest BCUT2D eigenvalue weighted by Gasteiger charge is -2.08. The highest BCUT2D eigenvalue weighted by Crippen LogP contribution is 2.27. The number of nitrogens with zero attached hydrogens (tertiary/aromatic N) is 1. The first-order valence-corrected chi connectivity index (χ1v) is 6.70. The Balaban J connectivity index is 2.39. The van der Waals surface area contributed by atoms with Crippen molar-refractivity contribution in [1.29, 1.82) is 0 Å². The van der Waals surface area contributed by atoms with Gasteiger partial charge in [0.05, 0.1) is 10.5 Å². The van der Waals surface area contributed by atoms with Gasteiger partial charge in [0.1, 0.15) is 11.5 Å². The number of nitrogens with one attached hydrogen (secondary N) is 1. The summed E-state index contributed by atoms with van der Waals surface area (Å²) in [5.41, 5.74) is 0.265. The number of amides is 1. The third kappa shape index (κ3) is 3.25. The average molecular weight is 353 g/mol. The summed E-state index contributed by atoms with van der Waals surface area (Å²) in [4.78, 5) is 22.5. The number of nitro groups is 1. The van der Waals surface area contributed by atoms with Gasteiger partial charge >= 0.3 is 0 Å². The van der Waals surface area contributed by atoms with Crippen LogP contribution in [0.1, 0.15) is 15.9 Å². The summed E-state index contributed by atoms with van der Waals surface area (Å²) < 4.78 is 14.0. The van der Waals surface area contributed by atoms with Crippen LogP contribution in [0.15, 0.2) is 40.9 Å². The standard InChI is InChI=1S/C14H10BrFN2O3/c1-8-5-6-11(12(7-8)18(20)21)17-14(19)13-9(15)3-2-4-10(13)16/h2-7H,1H3,(H,17,19). The fourth-order valence-electron chi connectivity index (χ4n) is 1.80. The van der Waals surface area contributed by atoms with Crippen molar-refractivity contribution >= 4 is 33.2 Å². The first kappa shape index (κ1) is 15.1. The number of nitro benzene ring substituents is 1. The third-order valence-electron chi connectivity index (χ3n) is 2.79. The number of hydrogen-bond donors (Lipinski definition) is 1. The van der Waals surface area contributed by atoms with E-state index in [9.17, 15) is 19.3 Å². The largest absolute Gasteiger partial charge is 0.316 e. The number of carbonyl (C=O) groups excluding carboxylic acids is 1. The SMILES string of the molecule is Cc1ccc(NC(=O)c2c(F)cccc2Br)c([N+](=O)[O-])c1.